The molecule has 0 aliphatic carbocycles. The minimum absolute atomic E-state index is 0.0730. The van der Waals surface area contributed by atoms with Crippen molar-refractivity contribution in [2.24, 2.45) is 0 Å². The van der Waals surface area contributed by atoms with Gasteiger partial charge in [0.2, 0.25) is 11.8 Å². The summed E-state index contributed by atoms with van der Waals surface area (Å²) >= 11 is 6.24. The predicted octanol–water partition coefficient (Wildman–Crippen LogP) is 5.56. The second-order valence-corrected chi connectivity index (χ2v) is 12.3. The number of benzene rings is 4. The zero-order valence-corrected chi connectivity index (χ0v) is 24.4. The molecule has 41 heavy (non-hydrogen) atoms. The van der Waals surface area contributed by atoms with E-state index < -0.39 is 16.1 Å². The molecule has 1 aliphatic heterocycles. The van der Waals surface area contributed by atoms with Gasteiger partial charge < -0.3 is 10.2 Å². The summed E-state index contributed by atoms with van der Waals surface area (Å²) in [5.41, 5.74) is 2.37. The van der Waals surface area contributed by atoms with Gasteiger partial charge in [-0.2, -0.15) is 0 Å². The number of hydrogen-bond acceptors (Lipinski definition) is 4. The molecule has 4 aromatic carbocycles. The van der Waals surface area contributed by atoms with Gasteiger partial charge in [0.05, 0.1) is 10.6 Å². The summed E-state index contributed by atoms with van der Waals surface area (Å²) in [4.78, 5) is 29.1. The number of halogens is 1. The smallest absolute Gasteiger partial charge is 0.265 e. The number of carbonyl (C=O) groups is 2. The molecule has 4 aromatic rings. The Morgan fingerprint density at radius 1 is 0.927 bits per heavy atom. The van der Waals surface area contributed by atoms with Crippen molar-refractivity contribution in [3.8, 4) is 0 Å². The molecule has 1 N–H and O–H groups in total. The van der Waals surface area contributed by atoms with Crippen LogP contribution in [0.1, 0.15) is 30.9 Å². The highest BCUT2D eigenvalue weighted by Gasteiger charge is 2.36. The van der Waals surface area contributed by atoms with Crippen LogP contribution in [0.2, 0.25) is 5.02 Å². The number of rotatable bonds is 11. The summed E-state index contributed by atoms with van der Waals surface area (Å²) in [6.45, 7) is 2.62. The van der Waals surface area contributed by atoms with Crippen molar-refractivity contribution in [2.45, 2.75) is 43.7 Å². The van der Waals surface area contributed by atoms with E-state index >= 15 is 0 Å². The average Bonchev–Trinajstić information content (AvgIpc) is 3.18. The third-order valence-corrected chi connectivity index (χ3v) is 9.39. The van der Waals surface area contributed by atoms with Crippen molar-refractivity contribution in [1.82, 2.24) is 10.2 Å². The van der Waals surface area contributed by atoms with Crippen molar-refractivity contribution in [3.63, 3.8) is 0 Å². The number of nitrogens with one attached hydrogen (secondary N) is 1. The van der Waals surface area contributed by atoms with Crippen molar-refractivity contribution in [1.29, 1.82) is 0 Å². The van der Waals surface area contributed by atoms with Gasteiger partial charge in [-0.1, -0.05) is 78.3 Å². The predicted molar refractivity (Wildman–Crippen MR) is 162 cm³/mol. The molecule has 9 heteroatoms. The molecule has 0 saturated heterocycles. The van der Waals surface area contributed by atoms with Crippen LogP contribution in [0.5, 0.6) is 0 Å². The van der Waals surface area contributed by atoms with E-state index in [4.69, 9.17) is 11.6 Å². The molecule has 2 amide bonds. The number of hydrogen-bond donors (Lipinski definition) is 1. The number of sulfonamides is 1. The number of likely N-dealkylation sites (N-methyl/N-ethyl adjacent to an activating group) is 1. The first-order chi connectivity index (χ1) is 19.8. The maximum Gasteiger partial charge on any atom is 0.265 e. The Kier molecular flexibility index (Phi) is 8.61. The number of amides is 2. The fourth-order valence-electron chi connectivity index (χ4n) is 5.39. The Labute approximate surface area is 245 Å². The van der Waals surface area contributed by atoms with Crippen LogP contribution in [0, 0.1) is 0 Å². The molecule has 0 saturated carbocycles. The van der Waals surface area contributed by atoms with E-state index in [1.807, 2.05) is 67.6 Å². The van der Waals surface area contributed by atoms with E-state index in [0.717, 1.165) is 16.5 Å². The maximum absolute atomic E-state index is 13.9. The molecule has 0 aromatic heterocycles. The Bertz CT molecular complexity index is 1670. The SMILES string of the molecule is CCNC(=O)[C@@H](Cc1ccccc1)N(Cc1cccc(Cl)c1)C(=O)CCCN1c2cccc3cccc(c23)S1(=O)=O. The van der Waals surface area contributed by atoms with Crippen molar-refractivity contribution in [3.05, 3.63) is 107 Å². The van der Waals surface area contributed by atoms with Gasteiger partial charge in [0.15, 0.2) is 0 Å². The zero-order valence-electron chi connectivity index (χ0n) is 22.8. The number of carbonyl (C=O) groups excluding carboxylic acids is 2. The highest BCUT2D eigenvalue weighted by molar-refractivity contribution is 7.93. The Morgan fingerprint density at radius 3 is 2.37 bits per heavy atom. The Hall–Kier alpha value is -3.88. The third kappa shape index (κ3) is 6.09. The summed E-state index contributed by atoms with van der Waals surface area (Å²) in [5.74, 6) is -0.472. The first-order valence-corrected chi connectivity index (χ1v) is 15.5. The van der Waals surface area contributed by atoms with Gasteiger partial charge in [-0.05, 0) is 54.1 Å². The topological polar surface area (TPSA) is 86.8 Å². The quantitative estimate of drug-likeness (QED) is 0.248. The second-order valence-electron chi connectivity index (χ2n) is 10.1. The van der Waals surface area contributed by atoms with E-state index in [1.54, 1.807) is 35.2 Å². The van der Waals surface area contributed by atoms with E-state index in [1.165, 1.54) is 4.31 Å². The third-order valence-electron chi connectivity index (χ3n) is 7.30. The lowest BCUT2D eigenvalue weighted by Crippen LogP contribution is -2.50. The van der Waals surface area contributed by atoms with Crippen molar-refractivity contribution >= 4 is 49.9 Å². The van der Waals surface area contributed by atoms with Crippen LogP contribution in [-0.4, -0.2) is 44.3 Å². The number of anilines is 1. The summed E-state index contributed by atoms with van der Waals surface area (Å²) in [6, 6.07) is 26.9. The van der Waals surface area contributed by atoms with Crippen molar-refractivity contribution in [2.75, 3.05) is 17.4 Å². The first-order valence-electron chi connectivity index (χ1n) is 13.7. The molecule has 0 spiro atoms. The van der Waals surface area contributed by atoms with Gasteiger partial charge in [0, 0.05) is 42.9 Å². The van der Waals surface area contributed by atoms with Gasteiger partial charge in [-0.3, -0.25) is 13.9 Å². The zero-order chi connectivity index (χ0) is 29.0. The van der Waals surface area contributed by atoms with Gasteiger partial charge in [-0.25, -0.2) is 8.42 Å². The number of nitrogens with zero attached hydrogens (tertiary/aromatic N) is 2. The highest BCUT2D eigenvalue weighted by atomic mass is 35.5. The molecule has 212 valence electrons. The molecular formula is C32H32ClN3O4S. The molecule has 7 nitrogen and oxygen atoms in total. The Balaban J connectivity index is 1.39. The van der Waals surface area contributed by atoms with E-state index in [0.29, 0.717) is 40.4 Å². The summed E-state index contributed by atoms with van der Waals surface area (Å²) in [7, 11) is -3.72. The first kappa shape index (κ1) is 28.6. The van der Waals surface area contributed by atoms with Gasteiger partial charge in [0.1, 0.15) is 6.04 Å². The molecule has 0 fully saturated rings. The minimum atomic E-state index is -3.72. The van der Waals surface area contributed by atoms with Crippen molar-refractivity contribution < 1.29 is 18.0 Å². The lowest BCUT2D eigenvalue weighted by atomic mass is 10.0. The van der Waals surface area contributed by atoms with Gasteiger partial charge >= 0.3 is 0 Å². The molecule has 0 bridgehead atoms. The molecule has 1 aliphatic rings. The van der Waals surface area contributed by atoms with Crippen LogP contribution >= 0.6 is 11.6 Å². The highest BCUT2D eigenvalue weighted by Crippen LogP contribution is 2.42. The molecule has 1 atom stereocenters. The monoisotopic (exact) mass is 589 g/mol. The summed E-state index contributed by atoms with van der Waals surface area (Å²) in [5, 5.41) is 5.00. The largest absolute Gasteiger partial charge is 0.355 e. The van der Waals surface area contributed by atoms with E-state index in [9.17, 15) is 18.0 Å². The molecule has 0 unspecified atom stereocenters. The molecule has 0 radical (unpaired) electrons. The fourth-order valence-corrected chi connectivity index (χ4v) is 7.36. The lowest BCUT2D eigenvalue weighted by molar-refractivity contribution is -0.141. The van der Waals surface area contributed by atoms with Gasteiger partial charge in [0.25, 0.3) is 10.0 Å². The van der Waals surface area contributed by atoms with Crippen LogP contribution in [0.25, 0.3) is 10.8 Å². The summed E-state index contributed by atoms with van der Waals surface area (Å²) < 4.78 is 28.2. The second kappa shape index (κ2) is 12.3. The molecular weight excluding hydrogens is 558 g/mol. The van der Waals surface area contributed by atoms with Crippen LogP contribution in [-0.2, 0) is 32.6 Å². The van der Waals surface area contributed by atoms with E-state index in [-0.39, 0.29) is 31.3 Å². The minimum Gasteiger partial charge on any atom is -0.355 e. The molecule has 5 rings (SSSR count). The van der Waals surface area contributed by atoms with E-state index in [2.05, 4.69) is 5.32 Å². The van der Waals surface area contributed by atoms with Crippen LogP contribution in [0.3, 0.4) is 0 Å². The fraction of sp³-hybridized carbons (Fsp3) is 0.250. The lowest BCUT2D eigenvalue weighted by Gasteiger charge is -2.32. The van der Waals surface area contributed by atoms with Crippen LogP contribution in [0.4, 0.5) is 5.69 Å². The standard InChI is InChI=1S/C32H32ClN3O4S/c1-2-34-32(38)28(21-23-10-4-3-5-11-23)35(22-24-12-6-15-26(33)20-24)30(37)18-9-19-36-27-16-7-13-25-14-8-17-29(31(25)27)41(36,39)40/h3-8,10-17,20,28H,2,9,18-19,21-22H2,1H3,(H,34,38)/t28-/m1/s1. The average molecular weight is 590 g/mol. The molecule has 1 heterocycles. The van der Waals surface area contributed by atoms with Crippen LogP contribution < -0.4 is 9.62 Å². The summed E-state index contributed by atoms with van der Waals surface area (Å²) in [6.07, 6.45) is 0.711. The normalized spacial score (nSPS) is 14.1. The van der Waals surface area contributed by atoms with Gasteiger partial charge in [-0.15, -0.1) is 0 Å². The maximum atomic E-state index is 13.9. The Morgan fingerprint density at radius 2 is 1.63 bits per heavy atom. The van der Waals surface area contributed by atoms with Crippen LogP contribution in [0.15, 0.2) is 95.9 Å².